The van der Waals surface area contributed by atoms with Crippen molar-refractivity contribution in [3.05, 3.63) is 29.6 Å². The van der Waals surface area contributed by atoms with Crippen LogP contribution < -0.4 is 0 Å². The number of methoxy groups -OCH3 is 1. The second kappa shape index (κ2) is 5.36. The number of hydrogen-bond donors (Lipinski definition) is 1. The Morgan fingerprint density at radius 1 is 1.48 bits per heavy atom. The Morgan fingerprint density at radius 3 is 2.67 bits per heavy atom. The Labute approximate surface area is 118 Å². The summed E-state index contributed by atoms with van der Waals surface area (Å²) < 4.78 is 45.2. The average Bonchev–Trinajstić information content (AvgIpc) is 2.77. The molecular weight excluding hydrogens is 289 g/mol. The second-order valence-corrected chi connectivity index (χ2v) is 4.62. The van der Waals surface area contributed by atoms with Crippen molar-refractivity contribution in [2.75, 3.05) is 13.7 Å². The van der Waals surface area contributed by atoms with Crippen molar-refractivity contribution < 1.29 is 27.8 Å². The monoisotopic (exact) mass is 302 g/mol. The number of rotatable bonds is 4. The first-order valence-corrected chi connectivity index (χ1v) is 6.07. The number of carboxylic acid groups (broad SMARTS) is 1. The number of halogens is 3. The molecule has 1 aromatic carbocycles. The predicted octanol–water partition coefficient (Wildman–Crippen LogP) is 2.96. The summed E-state index contributed by atoms with van der Waals surface area (Å²) in [6, 6.07) is 3.04. The smallest absolute Gasteiger partial charge is 0.449 e. The summed E-state index contributed by atoms with van der Waals surface area (Å²) in [5.74, 6) is -2.28. The minimum atomic E-state index is -4.63. The molecule has 2 rings (SSSR count). The molecule has 0 fully saturated rings. The number of hydrogen-bond acceptors (Lipinski definition) is 3. The highest BCUT2D eigenvalue weighted by Crippen LogP contribution is 2.34. The molecule has 5 nitrogen and oxygen atoms in total. The molecule has 1 atom stereocenters. The average molecular weight is 302 g/mol. The van der Waals surface area contributed by atoms with E-state index in [1.165, 1.54) is 25.3 Å². The minimum absolute atomic E-state index is 0.0475. The Hall–Kier alpha value is -2.09. The molecule has 0 bridgehead atoms. The fraction of sp³-hybridized carbons (Fsp3) is 0.385. The SMILES string of the molecule is COCC(C)n1c(C(F)(F)F)nc2ccc(C(=O)O)cc21. The number of carboxylic acids is 1. The number of alkyl halides is 3. The summed E-state index contributed by atoms with van der Waals surface area (Å²) in [7, 11) is 1.38. The lowest BCUT2D eigenvalue weighted by atomic mass is 10.2. The van der Waals surface area contributed by atoms with E-state index in [0.717, 1.165) is 4.57 Å². The van der Waals surface area contributed by atoms with Gasteiger partial charge < -0.3 is 14.4 Å². The van der Waals surface area contributed by atoms with Gasteiger partial charge in [0, 0.05) is 7.11 Å². The number of aromatic carboxylic acids is 1. The number of carbonyl (C=O) groups is 1. The van der Waals surface area contributed by atoms with E-state index in [1.807, 2.05) is 0 Å². The van der Waals surface area contributed by atoms with E-state index in [-0.39, 0.29) is 23.2 Å². The third-order valence-electron chi connectivity index (χ3n) is 3.04. The van der Waals surface area contributed by atoms with Crippen LogP contribution in [0.4, 0.5) is 13.2 Å². The van der Waals surface area contributed by atoms with Crippen molar-refractivity contribution in [1.82, 2.24) is 9.55 Å². The van der Waals surface area contributed by atoms with Gasteiger partial charge in [0.25, 0.3) is 0 Å². The molecule has 1 N–H and O–H groups in total. The lowest BCUT2D eigenvalue weighted by molar-refractivity contribution is -0.147. The Kier molecular flexibility index (Phi) is 3.91. The highest BCUT2D eigenvalue weighted by atomic mass is 19.4. The Morgan fingerprint density at radius 2 is 2.14 bits per heavy atom. The molecule has 0 aliphatic rings. The van der Waals surface area contributed by atoms with Crippen LogP contribution in [0, 0.1) is 0 Å². The molecule has 2 aromatic rings. The minimum Gasteiger partial charge on any atom is -0.478 e. The number of imidazole rings is 1. The van der Waals surface area contributed by atoms with Crippen LogP contribution in [0.3, 0.4) is 0 Å². The third-order valence-corrected chi connectivity index (χ3v) is 3.04. The van der Waals surface area contributed by atoms with Gasteiger partial charge in [0.05, 0.1) is 29.2 Å². The summed E-state index contributed by atoms with van der Waals surface area (Å²) in [5.41, 5.74) is 0.115. The molecule has 1 heterocycles. The van der Waals surface area contributed by atoms with Gasteiger partial charge in [-0.25, -0.2) is 9.78 Å². The molecule has 114 valence electrons. The van der Waals surface area contributed by atoms with Crippen molar-refractivity contribution in [3.8, 4) is 0 Å². The van der Waals surface area contributed by atoms with Crippen LogP contribution in [0.1, 0.15) is 29.1 Å². The van der Waals surface area contributed by atoms with Crippen LogP contribution in [0.25, 0.3) is 11.0 Å². The van der Waals surface area contributed by atoms with Gasteiger partial charge in [0.2, 0.25) is 5.82 Å². The van der Waals surface area contributed by atoms with Gasteiger partial charge in [0.15, 0.2) is 0 Å². The molecule has 1 unspecified atom stereocenters. The lowest BCUT2D eigenvalue weighted by Crippen LogP contribution is -2.20. The van der Waals surface area contributed by atoms with Crippen LogP contribution >= 0.6 is 0 Å². The number of nitrogens with zero attached hydrogens (tertiary/aromatic N) is 2. The van der Waals surface area contributed by atoms with E-state index in [1.54, 1.807) is 6.92 Å². The van der Waals surface area contributed by atoms with E-state index in [4.69, 9.17) is 9.84 Å². The first-order valence-electron chi connectivity index (χ1n) is 6.07. The Balaban J connectivity index is 2.73. The maximum Gasteiger partial charge on any atom is 0.449 e. The first kappa shape index (κ1) is 15.3. The molecule has 0 aliphatic carbocycles. The second-order valence-electron chi connectivity index (χ2n) is 4.62. The molecule has 0 saturated heterocycles. The maximum atomic E-state index is 13.1. The van der Waals surface area contributed by atoms with Crippen LogP contribution in [-0.4, -0.2) is 34.3 Å². The van der Waals surface area contributed by atoms with Crippen LogP contribution in [0.2, 0.25) is 0 Å². The quantitative estimate of drug-likeness (QED) is 0.943. The van der Waals surface area contributed by atoms with Crippen molar-refractivity contribution in [2.45, 2.75) is 19.1 Å². The van der Waals surface area contributed by atoms with E-state index in [2.05, 4.69) is 4.98 Å². The van der Waals surface area contributed by atoms with Gasteiger partial charge in [-0.15, -0.1) is 0 Å². The normalized spacial score (nSPS) is 13.6. The molecule has 0 radical (unpaired) electrons. The Bertz CT molecular complexity index is 679. The summed E-state index contributed by atoms with van der Waals surface area (Å²) in [4.78, 5) is 14.6. The number of fused-ring (bicyclic) bond motifs is 1. The third kappa shape index (κ3) is 2.85. The first-order chi connectivity index (χ1) is 9.75. The van der Waals surface area contributed by atoms with Gasteiger partial charge in [-0.2, -0.15) is 13.2 Å². The highest BCUT2D eigenvalue weighted by Gasteiger charge is 2.38. The highest BCUT2D eigenvalue weighted by molar-refractivity contribution is 5.92. The largest absolute Gasteiger partial charge is 0.478 e. The van der Waals surface area contributed by atoms with Crippen molar-refractivity contribution in [2.24, 2.45) is 0 Å². The van der Waals surface area contributed by atoms with E-state index in [9.17, 15) is 18.0 Å². The van der Waals surface area contributed by atoms with Gasteiger partial charge in [0.1, 0.15) is 0 Å². The fourth-order valence-corrected chi connectivity index (χ4v) is 2.19. The lowest BCUT2D eigenvalue weighted by Gasteiger charge is -2.18. The van der Waals surface area contributed by atoms with Gasteiger partial charge in [-0.1, -0.05) is 0 Å². The standard InChI is InChI=1S/C13H13F3N2O3/c1-7(6-21-2)18-10-5-8(11(19)20)3-4-9(10)17-12(18)13(14,15)16/h3-5,7H,6H2,1-2H3,(H,19,20). The zero-order valence-electron chi connectivity index (χ0n) is 11.3. The molecule has 0 amide bonds. The number of ether oxygens (including phenoxy) is 1. The van der Waals surface area contributed by atoms with E-state index >= 15 is 0 Å². The molecule has 0 spiro atoms. The van der Waals surface area contributed by atoms with Crippen molar-refractivity contribution in [1.29, 1.82) is 0 Å². The van der Waals surface area contributed by atoms with Crippen molar-refractivity contribution in [3.63, 3.8) is 0 Å². The van der Waals surface area contributed by atoms with Crippen LogP contribution in [-0.2, 0) is 10.9 Å². The molecule has 21 heavy (non-hydrogen) atoms. The molecule has 1 aromatic heterocycles. The maximum absolute atomic E-state index is 13.1. The summed E-state index contributed by atoms with van der Waals surface area (Å²) >= 11 is 0. The van der Waals surface area contributed by atoms with Crippen LogP contribution in [0.15, 0.2) is 18.2 Å². The van der Waals surface area contributed by atoms with E-state index < -0.39 is 24.0 Å². The summed E-state index contributed by atoms with van der Waals surface area (Å²) in [5, 5.41) is 8.97. The summed E-state index contributed by atoms with van der Waals surface area (Å²) in [6.45, 7) is 1.60. The topological polar surface area (TPSA) is 64.4 Å². The predicted molar refractivity (Wildman–Crippen MR) is 68.3 cm³/mol. The zero-order chi connectivity index (χ0) is 15.8. The summed E-state index contributed by atoms with van der Waals surface area (Å²) in [6.07, 6.45) is -4.63. The number of benzene rings is 1. The number of aromatic nitrogens is 2. The molecule has 0 aliphatic heterocycles. The van der Waals surface area contributed by atoms with E-state index in [0.29, 0.717) is 0 Å². The van der Waals surface area contributed by atoms with Crippen molar-refractivity contribution >= 4 is 17.0 Å². The van der Waals surface area contributed by atoms with Gasteiger partial charge in [-0.05, 0) is 25.1 Å². The fourth-order valence-electron chi connectivity index (χ4n) is 2.19. The van der Waals surface area contributed by atoms with Crippen LogP contribution in [0.5, 0.6) is 0 Å². The molecular formula is C13H13F3N2O3. The molecule has 0 saturated carbocycles. The zero-order valence-corrected chi connectivity index (χ0v) is 11.3. The molecule has 8 heteroatoms. The van der Waals surface area contributed by atoms with Gasteiger partial charge in [-0.3, -0.25) is 0 Å². The van der Waals surface area contributed by atoms with Gasteiger partial charge >= 0.3 is 12.1 Å².